The van der Waals surface area contributed by atoms with Crippen molar-refractivity contribution < 1.29 is 4.74 Å². The summed E-state index contributed by atoms with van der Waals surface area (Å²) in [4.78, 5) is 4.19. The number of ether oxygens (including phenoxy) is 1. The van der Waals surface area contributed by atoms with Crippen LogP contribution in [0.15, 0.2) is 6.20 Å². The number of hydrogen-bond donors (Lipinski definition) is 0. The van der Waals surface area contributed by atoms with Gasteiger partial charge in [-0.25, -0.2) is 4.98 Å². The SMILES string of the molecule is CC.CC.Cc1cnc2n1CCOC2. The van der Waals surface area contributed by atoms with Crippen LogP contribution in [-0.4, -0.2) is 16.2 Å². The van der Waals surface area contributed by atoms with Gasteiger partial charge in [-0.3, -0.25) is 0 Å². The first-order valence-electron chi connectivity index (χ1n) is 5.46. The van der Waals surface area contributed by atoms with Crippen LogP contribution >= 0.6 is 0 Å². The smallest absolute Gasteiger partial charge is 0.135 e. The van der Waals surface area contributed by atoms with E-state index in [-0.39, 0.29) is 0 Å². The molecule has 2 rings (SSSR count). The minimum atomic E-state index is 0.674. The van der Waals surface area contributed by atoms with E-state index in [0.717, 1.165) is 19.0 Å². The Kier molecular flexibility index (Phi) is 7.11. The molecule has 1 aromatic heterocycles. The predicted molar refractivity (Wildman–Crippen MR) is 59.3 cm³/mol. The summed E-state index contributed by atoms with van der Waals surface area (Å²) in [5.74, 6) is 1.06. The second kappa shape index (κ2) is 7.56. The van der Waals surface area contributed by atoms with Crippen molar-refractivity contribution in [2.24, 2.45) is 0 Å². The predicted octanol–water partition coefficient (Wildman–Crippen LogP) is 2.77. The summed E-state index contributed by atoms with van der Waals surface area (Å²) in [6.45, 7) is 12.5. The fourth-order valence-corrected chi connectivity index (χ4v) is 1.25. The first kappa shape index (κ1) is 13.2. The minimum Gasteiger partial charge on any atom is -0.372 e. The standard InChI is InChI=1S/C7H10N2O.2C2H6/c1-6-4-8-7-5-10-3-2-9(6)7;2*1-2/h4H,2-3,5H2,1H3;2*1-2H3. The molecule has 0 saturated heterocycles. The van der Waals surface area contributed by atoms with Gasteiger partial charge in [-0.05, 0) is 6.92 Å². The molecule has 14 heavy (non-hydrogen) atoms. The number of aryl methyl sites for hydroxylation is 1. The Labute approximate surface area is 87.1 Å². The van der Waals surface area contributed by atoms with E-state index in [1.807, 2.05) is 33.9 Å². The molecule has 0 atom stereocenters. The summed E-state index contributed by atoms with van der Waals surface area (Å²) in [5, 5.41) is 0. The molecule has 0 amide bonds. The summed E-state index contributed by atoms with van der Waals surface area (Å²) < 4.78 is 7.42. The van der Waals surface area contributed by atoms with Gasteiger partial charge < -0.3 is 9.30 Å². The fraction of sp³-hybridized carbons (Fsp3) is 0.727. The number of nitrogens with zero attached hydrogens (tertiary/aromatic N) is 2. The van der Waals surface area contributed by atoms with E-state index in [1.165, 1.54) is 5.69 Å². The Bertz CT molecular complexity index is 243. The maximum absolute atomic E-state index is 5.23. The summed E-state index contributed by atoms with van der Waals surface area (Å²) in [6, 6.07) is 0. The van der Waals surface area contributed by atoms with Gasteiger partial charge in [0.1, 0.15) is 12.4 Å². The normalized spacial score (nSPS) is 12.9. The highest BCUT2D eigenvalue weighted by molar-refractivity contribution is 5.03. The molecule has 0 aliphatic carbocycles. The quantitative estimate of drug-likeness (QED) is 0.641. The maximum Gasteiger partial charge on any atom is 0.135 e. The molecule has 3 heteroatoms. The van der Waals surface area contributed by atoms with Crippen molar-refractivity contribution in [2.45, 2.75) is 47.8 Å². The average Bonchev–Trinajstić information content (AvgIpc) is 2.67. The molecule has 2 heterocycles. The zero-order chi connectivity index (χ0) is 11.0. The molecule has 0 aromatic carbocycles. The van der Waals surface area contributed by atoms with Crippen LogP contribution in [-0.2, 0) is 17.9 Å². The summed E-state index contributed by atoms with van der Waals surface area (Å²) >= 11 is 0. The molecular formula is C11H22N2O. The monoisotopic (exact) mass is 198 g/mol. The largest absolute Gasteiger partial charge is 0.372 e. The number of hydrogen-bond acceptors (Lipinski definition) is 2. The highest BCUT2D eigenvalue weighted by Gasteiger charge is 2.10. The highest BCUT2D eigenvalue weighted by atomic mass is 16.5. The van der Waals surface area contributed by atoms with Gasteiger partial charge in [0, 0.05) is 18.4 Å². The number of rotatable bonds is 0. The third kappa shape index (κ3) is 3.14. The Morgan fingerprint density at radius 2 is 1.93 bits per heavy atom. The van der Waals surface area contributed by atoms with Gasteiger partial charge >= 0.3 is 0 Å². The molecule has 0 spiro atoms. The van der Waals surface area contributed by atoms with E-state index in [2.05, 4.69) is 16.5 Å². The first-order valence-corrected chi connectivity index (χ1v) is 5.46. The zero-order valence-electron chi connectivity index (χ0n) is 10.0. The average molecular weight is 198 g/mol. The second-order valence-electron chi connectivity index (χ2n) is 2.52. The Hall–Kier alpha value is -0.830. The molecule has 0 unspecified atom stereocenters. The molecule has 0 N–H and O–H groups in total. The van der Waals surface area contributed by atoms with Gasteiger partial charge in [0.05, 0.1) is 6.61 Å². The van der Waals surface area contributed by atoms with E-state index < -0.39 is 0 Å². The Balaban J connectivity index is 0.000000379. The van der Waals surface area contributed by atoms with Crippen LogP contribution in [0.2, 0.25) is 0 Å². The van der Waals surface area contributed by atoms with Gasteiger partial charge in [-0.15, -0.1) is 0 Å². The van der Waals surface area contributed by atoms with Crippen LogP contribution in [0.4, 0.5) is 0 Å². The van der Waals surface area contributed by atoms with E-state index in [9.17, 15) is 0 Å². The molecule has 3 nitrogen and oxygen atoms in total. The van der Waals surface area contributed by atoms with E-state index >= 15 is 0 Å². The third-order valence-electron chi connectivity index (χ3n) is 1.83. The topological polar surface area (TPSA) is 27.1 Å². The van der Waals surface area contributed by atoms with Crippen molar-refractivity contribution in [1.82, 2.24) is 9.55 Å². The van der Waals surface area contributed by atoms with Crippen LogP contribution in [0.25, 0.3) is 0 Å². The number of imidazole rings is 1. The number of fused-ring (bicyclic) bond motifs is 1. The third-order valence-corrected chi connectivity index (χ3v) is 1.83. The van der Waals surface area contributed by atoms with Crippen LogP contribution in [0.1, 0.15) is 39.2 Å². The molecule has 0 saturated carbocycles. The van der Waals surface area contributed by atoms with Gasteiger partial charge in [0.15, 0.2) is 0 Å². The van der Waals surface area contributed by atoms with Crippen molar-refractivity contribution in [2.75, 3.05) is 6.61 Å². The van der Waals surface area contributed by atoms with Crippen molar-refractivity contribution >= 4 is 0 Å². The Morgan fingerprint density at radius 1 is 1.29 bits per heavy atom. The molecule has 0 bridgehead atoms. The number of aromatic nitrogens is 2. The highest BCUT2D eigenvalue weighted by Crippen LogP contribution is 2.09. The fourth-order valence-electron chi connectivity index (χ4n) is 1.25. The van der Waals surface area contributed by atoms with Gasteiger partial charge in [0.2, 0.25) is 0 Å². The lowest BCUT2D eigenvalue weighted by atomic mass is 10.4. The van der Waals surface area contributed by atoms with Crippen molar-refractivity contribution in [1.29, 1.82) is 0 Å². The lowest BCUT2D eigenvalue weighted by molar-refractivity contribution is 0.0809. The van der Waals surface area contributed by atoms with Crippen LogP contribution < -0.4 is 0 Å². The molecule has 1 aliphatic heterocycles. The van der Waals surface area contributed by atoms with Crippen LogP contribution in [0.3, 0.4) is 0 Å². The van der Waals surface area contributed by atoms with Crippen LogP contribution in [0.5, 0.6) is 0 Å². The van der Waals surface area contributed by atoms with Crippen molar-refractivity contribution in [3.8, 4) is 0 Å². The maximum atomic E-state index is 5.23. The molecular weight excluding hydrogens is 176 g/mol. The lowest BCUT2D eigenvalue weighted by Crippen LogP contribution is -2.17. The molecule has 1 aromatic rings. The molecule has 0 fully saturated rings. The molecule has 1 aliphatic rings. The van der Waals surface area contributed by atoms with Gasteiger partial charge in [0.25, 0.3) is 0 Å². The molecule has 0 radical (unpaired) electrons. The van der Waals surface area contributed by atoms with E-state index in [0.29, 0.717) is 6.61 Å². The van der Waals surface area contributed by atoms with E-state index in [1.54, 1.807) is 0 Å². The minimum absolute atomic E-state index is 0.674. The molecule has 82 valence electrons. The van der Waals surface area contributed by atoms with Crippen LogP contribution in [0, 0.1) is 6.92 Å². The van der Waals surface area contributed by atoms with Crippen molar-refractivity contribution in [3.05, 3.63) is 17.7 Å². The van der Waals surface area contributed by atoms with Gasteiger partial charge in [-0.1, -0.05) is 27.7 Å². The second-order valence-corrected chi connectivity index (χ2v) is 2.52. The summed E-state index contributed by atoms with van der Waals surface area (Å²) in [5.41, 5.74) is 1.23. The van der Waals surface area contributed by atoms with E-state index in [4.69, 9.17) is 4.74 Å². The van der Waals surface area contributed by atoms with Gasteiger partial charge in [-0.2, -0.15) is 0 Å². The lowest BCUT2D eigenvalue weighted by Gasteiger charge is -2.15. The summed E-state index contributed by atoms with van der Waals surface area (Å²) in [7, 11) is 0. The van der Waals surface area contributed by atoms with Crippen molar-refractivity contribution in [3.63, 3.8) is 0 Å². The summed E-state index contributed by atoms with van der Waals surface area (Å²) in [6.07, 6.45) is 1.89. The first-order chi connectivity index (χ1) is 6.88. The Morgan fingerprint density at radius 3 is 2.50 bits per heavy atom. The zero-order valence-corrected chi connectivity index (χ0v) is 10.0.